The zero-order valence-electron chi connectivity index (χ0n) is 15.0. The fourth-order valence-corrected chi connectivity index (χ4v) is 3.18. The molecule has 3 aromatic carbocycles. The summed E-state index contributed by atoms with van der Waals surface area (Å²) in [7, 11) is 0. The molecule has 0 fully saturated rings. The molecule has 5 nitrogen and oxygen atoms in total. The number of azo groups is 1. The average molecular weight is 375 g/mol. The summed E-state index contributed by atoms with van der Waals surface area (Å²) in [5.74, 6) is -0.302. The lowest BCUT2D eigenvalue weighted by atomic mass is 10.1. The van der Waals surface area contributed by atoms with Crippen LogP contribution in [0.5, 0.6) is 11.6 Å². The van der Waals surface area contributed by atoms with E-state index in [9.17, 15) is 14.6 Å². The number of phenols is 1. The van der Waals surface area contributed by atoms with Crippen LogP contribution in [-0.2, 0) is 13.0 Å². The van der Waals surface area contributed by atoms with Gasteiger partial charge < -0.3 is 14.8 Å². The van der Waals surface area contributed by atoms with Crippen LogP contribution < -0.4 is 0 Å². The molecule has 28 heavy (non-hydrogen) atoms. The van der Waals surface area contributed by atoms with Gasteiger partial charge in [-0.2, -0.15) is 0 Å². The molecule has 0 aliphatic rings. The third-order valence-corrected chi connectivity index (χ3v) is 4.62. The van der Waals surface area contributed by atoms with Gasteiger partial charge in [-0.3, -0.25) is 0 Å². The maximum absolute atomic E-state index is 13.9. The Bertz CT molecular complexity index is 1170. The molecule has 0 atom stereocenters. The van der Waals surface area contributed by atoms with E-state index in [2.05, 4.69) is 10.2 Å². The largest absolute Gasteiger partial charge is 0.506 e. The molecule has 4 rings (SSSR count). The van der Waals surface area contributed by atoms with Crippen molar-refractivity contribution in [3.8, 4) is 11.6 Å². The lowest BCUT2D eigenvalue weighted by Gasteiger charge is -2.07. The molecule has 1 heterocycles. The maximum atomic E-state index is 13.9. The van der Waals surface area contributed by atoms with E-state index in [1.54, 1.807) is 41.0 Å². The van der Waals surface area contributed by atoms with Gasteiger partial charge in [0.15, 0.2) is 5.69 Å². The summed E-state index contributed by atoms with van der Waals surface area (Å²) >= 11 is 0. The van der Waals surface area contributed by atoms with Crippen LogP contribution in [0.15, 0.2) is 83.0 Å². The number of fused-ring (bicyclic) bond motifs is 1. The molecule has 0 bridgehead atoms. The Labute approximate surface area is 161 Å². The third kappa shape index (κ3) is 3.32. The number of aromatic hydroxyl groups is 2. The van der Waals surface area contributed by atoms with E-state index in [1.165, 1.54) is 12.1 Å². The predicted molar refractivity (Wildman–Crippen MR) is 106 cm³/mol. The Morgan fingerprint density at radius 2 is 1.54 bits per heavy atom. The first-order valence-electron chi connectivity index (χ1n) is 8.88. The summed E-state index contributed by atoms with van der Waals surface area (Å²) in [5, 5.41) is 29.6. The minimum atomic E-state index is -0.266. The van der Waals surface area contributed by atoms with Crippen LogP contribution in [0, 0.1) is 5.82 Å². The number of benzene rings is 3. The van der Waals surface area contributed by atoms with Gasteiger partial charge in [0, 0.05) is 11.9 Å². The monoisotopic (exact) mass is 375 g/mol. The highest BCUT2D eigenvalue weighted by atomic mass is 19.1. The quantitative estimate of drug-likeness (QED) is 0.430. The molecule has 140 valence electrons. The van der Waals surface area contributed by atoms with Gasteiger partial charge in [0.25, 0.3) is 0 Å². The second kappa shape index (κ2) is 7.52. The minimum Gasteiger partial charge on any atom is -0.506 e. The normalized spacial score (nSPS) is 11.5. The molecule has 0 radical (unpaired) electrons. The van der Waals surface area contributed by atoms with E-state index in [4.69, 9.17) is 0 Å². The number of phenolic OH excluding ortho intramolecular Hbond substituents is 1. The topological polar surface area (TPSA) is 70.1 Å². The molecule has 0 aliphatic heterocycles. The summed E-state index contributed by atoms with van der Waals surface area (Å²) in [5.41, 5.74) is 1.98. The van der Waals surface area contributed by atoms with Crippen molar-refractivity contribution in [1.82, 2.24) is 4.57 Å². The molecule has 0 amide bonds. The summed E-state index contributed by atoms with van der Waals surface area (Å²) in [6, 6.07) is 20.6. The first-order valence-corrected chi connectivity index (χ1v) is 8.88. The zero-order chi connectivity index (χ0) is 19.5. The Morgan fingerprint density at radius 3 is 2.36 bits per heavy atom. The Kier molecular flexibility index (Phi) is 4.76. The zero-order valence-corrected chi connectivity index (χ0v) is 15.0. The lowest BCUT2D eigenvalue weighted by molar-refractivity contribution is 0.421. The van der Waals surface area contributed by atoms with Gasteiger partial charge in [-0.15, -0.1) is 10.2 Å². The van der Waals surface area contributed by atoms with Crippen molar-refractivity contribution in [2.24, 2.45) is 10.2 Å². The molecule has 0 spiro atoms. The number of aromatic nitrogens is 1. The summed E-state index contributed by atoms with van der Waals surface area (Å²) in [4.78, 5) is 0. The van der Waals surface area contributed by atoms with E-state index >= 15 is 0 Å². The van der Waals surface area contributed by atoms with Crippen molar-refractivity contribution in [2.75, 3.05) is 0 Å². The Hall–Kier alpha value is -3.67. The molecule has 6 heteroatoms. The van der Waals surface area contributed by atoms with Gasteiger partial charge in [0.1, 0.15) is 17.3 Å². The van der Waals surface area contributed by atoms with Crippen molar-refractivity contribution < 1.29 is 14.6 Å². The van der Waals surface area contributed by atoms with Crippen LogP contribution >= 0.6 is 0 Å². The highest BCUT2D eigenvalue weighted by Gasteiger charge is 2.17. The van der Waals surface area contributed by atoms with Crippen LogP contribution in [0.1, 0.15) is 5.56 Å². The van der Waals surface area contributed by atoms with Crippen LogP contribution in [0.25, 0.3) is 10.9 Å². The van der Waals surface area contributed by atoms with Gasteiger partial charge in [0.05, 0.1) is 5.52 Å². The van der Waals surface area contributed by atoms with E-state index in [0.717, 1.165) is 10.9 Å². The van der Waals surface area contributed by atoms with Crippen molar-refractivity contribution in [3.05, 3.63) is 84.2 Å². The number of rotatable bonds is 5. The minimum absolute atomic E-state index is 0.00836. The van der Waals surface area contributed by atoms with Gasteiger partial charge in [-0.25, -0.2) is 4.39 Å². The summed E-state index contributed by atoms with van der Waals surface area (Å²) in [6.45, 7) is 0.388. The standard InChI is InChI=1S/C22H18FN3O2/c23-17-9-3-1-7-15(17)13-14-26-19-11-5-2-8-16(19)21(22(26)28)25-24-18-10-4-6-12-20(18)27/h1-12,27-28H,13-14H2. The van der Waals surface area contributed by atoms with Crippen LogP contribution in [0.4, 0.5) is 15.8 Å². The molecular weight excluding hydrogens is 357 g/mol. The first kappa shape index (κ1) is 17.7. The fraction of sp³-hybridized carbons (Fsp3) is 0.0909. The van der Waals surface area contributed by atoms with Crippen molar-refractivity contribution in [1.29, 1.82) is 0 Å². The summed E-state index contributed by atoms with van der Waals surface area (Å²) in [6.07, 6.45) is 0.426. The fourth-order valence-electron chi connectivity index (χ4n) is 3.18. The smallest absolute Gasteiger partial charge is 0.220 e. The van der Waals surface area contributed by atoms with Gasteiger partial charge in [-0.1, -0.05) is 48.5 Å². The van der Waals surface area contributed by atoms with E-state index in [1.807, 2.05) is 24.3 Å². The molecule has 0 saturated carbocycles. The van der Waals surface area contributed by atoms with Crippen molar-refractivity contribution in [2.45, 2.75) is 13.0 Å². The highest BCUT2D eigenvalue weighted by molar-refractivity contribution is 5.95. The van der Waals surface area contributed by atoms with Gasteiger partial charge >= 0.3 is 0 Å². The van der Waals surface area contributed by atoms with Gasteiger partial charge in [-0.05, 0) is 36.2 Å². The highest BCUT2D eigenvalue weighted by Crippen LogP contribution is 2.40. The third-order valence-electron chi connectivity index (χ3n) is 4.62. The second-order valence-corrected chi connectivity index (χ2v) is 6.37. The lowest BCUT2D eigenvalue weighted by Crippen LogP contribution is -2.02. The predicted octanol–water partition coefficient (Wildman–Crippen LogP) is 5.85. The number of hydrogen-bond donors (Lipinski definition) is 2. The molecule has 2 N–H and O–H groups in total. The summed E-state index contributed by atoms with van der Waals surface area (Å²) < 4.78 is 15.6. The number of nitrogens with zero attached hydrogens (tertiary/aromatic N) is 3. The van der Waals surface area contributed by atoms with E-state index < -0.39 is 0 Å². The van der Waals surface area contributed by atoms with E-state index in [-0.39, 0.29) is 17.4 Å². The SMILES string of the molecule is Oc1ccccc1N=Nc1c(O)n(CCc2ccccc2F)c2ccccc12. The average Bonchev–Trinajstić information content (AvgIpc) is 2.98. The van der Waals surface area contributed by atoms with Crippen LogP contribution in [0.3, 0.4) is 0 Å². The molecular formula is C22H18FN3O2. The Morgan fingerprint density at radius 1 is 0.821 bits per heavy atom. The van der Waals surface area contributed by atoms with Crippen LogP contribution in [-0.4, -0.2) is 14.8 Å². The molecule has 0 unspecified atom stereocenters. The van der Waals surface area contributed by atoms with Crippen LogP contribution in [0.2, 0.25) is 0 Å². The number of hydrogen-bond acceptors (Lipinski definition) is 4. The molecule has 0 aliphatic carbocycles. The molecule has 1 aromatic heterocycles. The first-order chi connectivity index (χ1) is 13.6. The number of para-hydroxylation sites is 2. The maximum Gasteiger partial charge on any atom is 0.220 e. The van der Waals surface area contributed by atoms with Crippen molar-refractivity contribution in [3.63, 3.8) is 0 Å². The Balaban J connectivity index is 1.71. The number of halogens is 1. The van der Waals surface area contributed by atoms with Gasteiger partial charge in [0.2, 0.25) is 5.88 Å². The molecule has 4 aromatic rings. The van der Waals surface area contributed by atoms with E-state index in [0.29, 0.717) is 29.9 Å². The van der Waals surface area contributed by atoms with Crippen molar-refractivity contribution >= 4 is 22.3 Å². The second-order valence-electron chi connectivity index (χ2n) is 6.37. The molecule has 0 saturated heterocycles. The number of aryl methyl sites for hydroxylation is 2.